The predicted octanol–water partition coefficient (Wildman–Crippen LogP) is 6.73. The van der Waals surface area contributed by atoms with Crippen molar-refractivity contribution >= 4 is 62.3 Å². The molecule has 0 aliphatic rings. The third-order valence-corrected chi connectivity index (χ3v) is 4.25. The van der Waals surface area contributed by atoms with Gasteiger partial charge in [-0.25, -0.2) is 0 Å². The second-order valence-electron chi connectivity index (χ2n) is 4.03. The third-order valence-electron chi connectivity index (χ3n) is 2.62. The van der Waals surface area contributed by atoms with Gasteiger partial charge in [-0.2, -0.15) is 0 Å². The minimum absolute atomic E-state index is 0.268. The van der Waals surface area contributed by atoms with Crippen LogP contribution in [0.5, 0.6) is 5.75 Å². The Morgan fingerprint density at radius 1 is 0.950 bits per heavy atom. The molecule has 0 fully saturated rings. The van der Waals surface area contributed by atoms with E-state index in [1.54, 1.807) is 12.1 Å². The van der Waals surface area contributed by atoms with Crippen molar-refractivity contribution in [3.8, 4) is 5.75 Å². The van der Waals surface area contributed by atoms with Crippen LogP contribution >= 0.6 is 62.3 Å². The number of halogens is 5. The fourth-order valence-electron chi connectivity index (χ4n) is 1.66. The van der Waals surface area contributed by atoms with Gasteiger partial charge < -0.3 is 4.74 Å². The fourth-order valence-corrected chi connectivity index (χ4v) is 3.18. The summed E-state index contributed by atoms with van der Waals surface area (Å²) in [6.45, 7) is 0.303. The molecule has 0 aliphatic carbocycles. The van der Waals surface area contributed by atoms with Crippen LogP contribution in [0.4, 0.5) is 0 Å². The maximum absolute atomic E-state index is 6.14. The second-order valence-corrected chi connectivity index (χ2v) is 6.47. The van der Waals surface area contributed by atoms with Gasteiger partial charge in [0.25, 0.3) is 0 Å². The van der Waals surface area contributed by atoms with Crippen molar-refractivity contribution in [2.75, 3.05) is 0 Å². The summed E-state index contributed by atoms with van der Waals surface area (Å²) in [4.78, 5) is 0. The van der Waals surface area contributed by atoms with Crippen LogP contribution in [0.3, 0.4) is 0 Å². The molecule has 0 bridgehead atoms. The average Bonchev–Trinajstić information content (AvgIpc) is 2.38. The molecule has 2 aromatic rings. The maximum Gasteiger partial charge on any atom is 0.142 e. The van der Waals surface area contributed by atoms with E-state index in [0.29, 0.717) is 27.4 Å². The minimum Gasteiger partial charge on any atom is -0.487 e. The smallest absolute Gasteiger partial charge is 0.142 e. The minimum atomic E-state index is 0.268. The van der Waals surface area contributed by atoms with Gasteiger partial charge in [0, 0.05) is 25.6 Å². The Kier molecular flexibility index (Phi) is 5.88. The number of hydrogen-bond acceptors (Lipinski definition) is 1. The van der Waals surface area contributed by atoms with Gasteiger partial charge in [0.2, 0.25) is 0 Å². The van der Waals surface area contributed by atoms with E-state index in [0.717, 1.165) is 15.6 Å². The topological polar surface area (TPSA) is 9.23 Å². The van der Waals surface area contributed by atoms with Crippen molar-refractivity contribution in [3.05, 3.63) is 61.0 Å². The Morgan fingerprint density at radius 3 is 2.35 bits per heavy atom. The van der Waals surface area contributed by atoms with E-state index < -0.39 is 0 Å². The van der Waals surface area contributed by atoms with Gasteiger partial charge in [0.1, 0.15) is 12.4 Å². The highest BCUT2D eigenvalue weighted by atomic mass is 79.9. The van der Waals surface area contributed by atoms with Gasteiger partial charge in [-0.05, 0) is 24.3 Å². The lowest BCUT2D eigenvalue weighted by atomic mass is 10.2. The highest BCUT2D eigenvalue weighted by molar-refractivity contribution is 9.10. The molecule has 0 saturated carbocycles. The van der Waals surface area contributed by atoms with Crippen LogP contribution in [0.15, 0.2) is 34.8 Å². The number of rotatable bonds is 4. The van der Waals surface area contributed by atoms with Crippen molar-refractivity contribution in [1.82, 2.24) is 0 Å². The van der Waals surface area contributed by atoms with Crippen LogP contribution < -0.4 is 4.74 Å². The average molecular weight is 415 g/mol. The number of benzene rings is 2. The summed E-state index contributed by atoms with van der Waals surface area (Å²) in [5.41, 5.74) is 1.61. The quantitative estimate of drug-likeness (QED) is 0.504. The zero-order valence-corrected chi connectivity index (χ0v) is 14.7. The van der Waals surface area contributed by atoms with Crippen LogP contribution in [0, 0.1) is 0 Å². The maximum atomic E-state index is 6.14. The summed E-state index contributed by atoms with van der Waals surface area (Å²) in [6, 6.07) is 8.95. The van der Waals surface area contributed by atoms with Crippen molar-refractivity contribution in [2.24, 2.45) is 0 Å². The Labute approximate surface area is 145 Å². The van der Waals surface area contributed by atoms with Crippen LogP contribution in [0.1, 0.15) is 11.1 Å². The molecule has 6 heteroatoms. The van der Waals surface area contributed by atoms with Gasteiger partial charge in [0.05, 0.1) is 10.9 Å². The van der Waals surface area contributed by atoms with Crippen LogP contribution in [-0.2, 0) is 12.5 Å². The normalized spacial score (nSPS) is 10.7. The molecule has 2 rings (SSSR count). The lowest BCUT2D eigenvalue weighted by Gasteiger charge is -2.13. The SMILES string of the molecule is ClCc1cc(Cl)cc(Cl)c1OCc1ccc(Br)cc1Cl. The van der Waals surface area contributed by atoms with E-state index in [4.69, 9.17) is 51.1 Å². The molecule has 0 heterocycles. The number of ether oxygens (including phenoxy) is 1. The van der Waals surface area contributed by atoms with E-state index in [-0.39, 0.29) is 5.88 Å². The molecule has 20 heavy (non-hydrogen) atoms. The van der Waals surface area contributed by atoms with Crippen molar-refractivity contribution in [3.63, 3.8) is 0 Å². The summed E-state index contributed by atoms with van der Waals surface area (Å²) in [5.74, 6) is 0.800. The Hall–Kier alpha value is -0.120. The van der Waals surface area contributed by atoms with Crippen LogP contribution in [-0.4, -0.2) is 0 Å². The summed E-state index contributed by atoms with van der Waals surface area (Å²) in [6.07, 6.45) is 0. The summed E-state index contributed by atoms with van der Waals surface area (Å²) in [7, 11) is 0. The molecule has 0 unspecified atom stereocenters. The van der Waals surface area contributed by atoms with Crippen molar-refractivity contribution in [2.45, 2.75) is 12.5 Å². The van der Waals surface area contributed by atoms with Gasteiger partial charge in [-0.3, -0.25) is 0 Å². The first-order valence-corrected chi connectivity index (χ1v) is 8.08. The molecule has 0 amide bonds. The van der Waals surface area contributed by atoms with E-state index in [2.05, 4.69) is 15.9 Å². The van der Waals surface area contributed by atoms with E-state index >= 15 is 0 Å². The second kappa shape index (κ2) is 7.24. The van der Waals surface area contributed by atoms with E-state index in [1.165, 1.54) is 0 Å². The fraction of sp³-hybridized carbons (Fsp3) is 0.143. The molecular formula is C14H9BrCl4O. The van der Waals surface area contributed by atoms with Gasteiger partial charge in [0.15, 0.2) is 0 Å². The van der Waals surface area contributed by atoms with Crippen molar-refractivity contribution < 1.29 is 4.74 Å². The molecule has 0 aromatic heterocycles. The van der Waals surface area contributed by atoms with Crippen molar-refractivity contribution in [1.29, 1.82) is 0 Å². The monoisotopic (exact) mass is 412 g/mol. The zero-order valence-electron chi connectivity index (χ0n) is 10.1. The molecule has 0 N–H and O–H groups in total. The third kappa shape index (κ3) is 3.96. The molecule has 0 atom stereocenters. The number of hydrogen-bond donors (Lipinski definition) is 0. The first-order chi connectivity index (χ1) is 9.51. The summed E-state index contributed by atoms with van der Waals surface area (Å²) >= 11 is 27.5. The van der Waals surface area contributed by atoms with Gasteiger partial charge in [-0.15, -0.1) is 11.6 Å². The molecule has 0 saturated heterocycles. The van der Waals surface area contributed by atoms with Crippen LogP contribution in [0.2, 0.25) is 15.1 Å². The van der Waals surface area contributed by atoms with Gasteiger partial charge >= 0.3 is 0 Å². The van der Waals surface area contributed by atoms with Gasteiger partial charge in [-0.1, -0.05) is 56.8 Å². The van der Waals surface area contributed by atoms with E-state index in [9.17, 15) is 0 Å². The molecule has 1 nitrogen and oxygen atoms in total. The lowest BCUT2D eigenvalue weighted by Crippen LogP contribution is -1.99. The first-order valence-electron chi connectivity index (χ1n) is 5.62. The first kappa shape index (κ1) is 16.3. The van der Waals surface area contributed by atoms with Crippen LogP contribution in [0.25, 0.3) is 0 Å². The predicted molar refractivity (Wildman–Crippen MR) is 89.5 cm³/mol. The van der Waals surface area contributed by atoms with E-state index in [1.807, 2.05) is 18.2 Å². The summed E-state index contributed by atoms with van der Waals surface area (Å²) < 4.78 is 6.66. The zero-order chi connectivity index (χ0) is 14.7. The largest absolute Gasteiger partial charge is 0.487 e. The molecule has 2 aromatic carbocycles. The molecule has 0 spiro atoms. The Morgan fingerprint density at radius 2 is 1.70 bits per heavy atom. The molecule has 106 valence electrons. The lowest BCUT2D eigenvalue weighted by molar-refractivity contribution is 0.304. The number of alkyl halides is 1. The molecular weight excluding hydrogens is 406 g/mol. The highest BCUT2D eigenvalue weighted by Gasteiger charge is 2.11. The molecule has 0 radical (unpaired) electrons. The standard InChI is InChI=1S/C14H9BrCl4O/c15-10-2-1-8(12(18)4-10)7-20-14-9(6-16)3-11(17)5-13(14)19/h1-5H,6-7H2. The summed E-state index contributed by atoms with van der Waals surface area (Å²) in [5, 5.41) is 1.58. The Balaban J connectivity index is 2.22. The Bertz CT molecular complexity index is 631. The molecule has 0 aliphatic heterocycles. The highest BCUT2D eigenvalue weighted by Crippen LogP contribution is 2.34.